The van der Waals surface area contributed by atoms with Gasteiger partial charge in [-0.2, -0.15) is 4.68 Å². The van der Waals surface area contributed by atoms with Crippen LogP contribution in [0.2, 0.25) is 0 Å². The summed E-state index contributed by atoms with van der Waals surface area (Å²) in [6, 6.07) is 20.0. The van der Waals surface area contributed by atoms with Gasteiger partial charge in [0, 0.05) is 32.6 Å². The number of benzene rings is 2. The van der Waals surface area contributed by atoms with Gasteiger partial charge in [-0.25, -0.2) is 0 Å². The molecule has 3 aromatic rings. The van der Waals surface area contributed by atoms with Crippen LogP contribution in [0.1, 0.15) is 12.0 Å². The Balaban J connectivity index is 1.34. The zero-order valence-corrected chi connectivity index (χ0v) is 15.1. The molecule has 7 heteroatoms. The highest BCUT2D eigenvalue weighted by atomic mass is 16.2. The summed E-state index contributed by atoms with van der Waals surface area (Å²) in [5, 5.41) is 12.1. The molecule has 0 bridgehead atoms. The van der Waals surface area contributed by atoms with E-state index in [1.54, 1.807) is 4.68 Å². The van der Waals surface area contributed by atoms with E-state index in [0.29, 0.717) is 19.5 Å². The van der Waals surface area contributed by atoms with Crippen LogP contribution >= 0.6 is 0 Å². The smallest absolute Gasteiger partial charge is 0.250 e. The third-order valence-electron chi connectivity index (χ3n) is 4.84. The fraction of sp³-hybridized carbons (Fsp3) is 0.300. The second kappa shape index (κ2) is 7.99. The van der Waals surface area contributed by atoms with E-state index in [4.69, 9.17) is 0 Å². The van der Waals surface area contributed by atoms with Gasteiger partial charge in [0.25, 0.3) is 0 Å². The first-order valence-corrected chi connectivity index (χ1v) is 9.22. The van der Waals surface area contributed by atoms with Crippen molar-refractivity contribution in [2.75, 3.05) is 31.1 Å². The fourth-order valence-electron chi connectivity index (χ4n) is 3.33. The van der Waals surface area contributed by atoms with E-state index < -0.39 is 0 Å². The topological polar surface area (TPSA) is 67.2 Å². The largest absolute Gasteiger partial charge is 0.339 e. The predicted octanol–water partition coefficient (Wildman–Crippen LogP) is 1.94. The number of nitrogens with zero attached hydrogens (tertiary/aromatic N) is 6. The number of carbonyl (C=O) groups is 1. The number of amides is 1. The standard InChI is InChI=1S/C20H22N6O/c27-19(12-11-17-7-3-1-4-8-17)24-13-15-25(16-14-24)20-21-22-23-26(20)18-9-5-2-6-10-18/h1-10H,11-16H2. The minimum absolute atomic E-state index is 0.209. The summed E-state index contributed by atoms with van der Waals surface area (Å²) >= 11 is 0. The SMILES string of the molecule is O=C(CCc1ccccc1)N1CCN(c2nnnn2-c2ccccc2)CC1. The van der Waals surface area contributed by atoms with Crippen molar-refractivity contribution in [3.63, 3.8) is 0 Å². The number of hydrogen-bond donors (Lipinski definition) is 0. The van der Waals surface area contributed by atoms with Gasteiger partial charge in [0.05, 0.1) is 5.69 Å². The van der Waals surface area contributed by atoms with Gasteiger partial charge in [-0.3, -0.25) is 4.79 Å². The highest BCUT2D eigenvalue weighted by Crippen LogP contribution is 2.17. The Morgan fingerprint density at radius 3 is 2.26 bits per heavy atom. The van der Waals surface area contributed by atoms with Crippen LogP contribution in [-0.2, 0) is 11.2 Å². The number of para-hydroxylation sites is 1. The van der Waals surface area contributed by atoms with E-state index in [0.717, 1.165) is 31.1 Å². The zero-order valence-electron chi connectivity index (χ0n) is 15.1. The van der Waals surface area contributed by atoms with Crippen molar-refractivity contribution in [2.45, 2.75) is 12.8 Å². The molecule has 0 spiro atoms. The van der Waals surface area contributed by atoms with Crippen molar-refractivity contribution >= 4 is 11.9 Å². The van der Waals surface area contributed by atoms with Crippen molar-refractivity contribution in [3.8, 4) is 5.69 Å². The molecular weight excluding hydrogens is 340 g/mol. The van der Waals surface area contributed by atoms with Crippen LogP contribution in [-0.4, -0.2) is 57.2 Å². The van der Waals surface area contributed by atoms with E-state index in [2.05, 4.69) is 32.6 Å². The van der Waals surface area contributed by atoms with Crippen molar-refractivity contribution in [2.24, 2.45) is 0 Å². The first-order chi connectivity index (χ1) is 13.3. The summed E-state index contributed by atoms with van der Waals surface area (Å²) in [6.07, 6.45) is 1.33. The Kier molecular flexibility index (Phi) is 5.09. The molecule has 138 valence electrons. The molecule has 1 aliphatic heterocycles. The van der Waals surface area contributed by atoms with E-state index in [1.807, 2.05) is 53.4 Å². The molecule has 1 aromatic heterocycles. The van der Waals surface area contributed by atoms with Crippen LogP contribution in [0.3, 0.4) is 0 Å². The number of aromatic nitrogens is 4. The van der Waals surface area contributed by atoms with Gasteiger partial charge in [-0.1, -0.05) is 53.6 Å². The van der Waals surface area contributed by atoms with Crippen molar-refractivity contribution in [3.05, 3.63) is 66.2 Å². The molecule has 1 saturated heterocycles. The maximum absolute atomic E-state index is 12.5. The molecule has 27 heavy (non-hydrogen) atoms. The highest BCUT2D eigenvalue weighted by Gasteiger charge is 2.24. The van der Waals surface area contributed by atoms with Gasteiger partial charge in [-0.15, -0.1) is 0 Å². The van der Waals surface area contributed by atoms with E-state index in [9.17, 15) is 4.79 Å². The maximum Gasteiger partial charge on any atom is 0.250 e. The third-order valence-corrected chi connectivity index (χ3v) is 4.84. The Bertz CT molecular complexity index is 872. The Hall–Kier alpha value is -3.22. The highest BCUT2D eigenvalue weighted by molar-refractivity contribution is 5.76. The molecule has 0 atom stereocenters. The first kappa shape index (κ1) is 17.2. The van der Waals surface area contributed by atoms with Crippen LogP contribution in [0.4, 0.5) is 5.95 Å². The van der Waals surface area contributed by atoms with Gasteiger partial charge in [-0.05, 0) is 34.5 Å². The van der Waals surface area contributed by atoms with Crippen molar-refractivity contribution in [1.82, 2.24) is 25.1 Å². The fourth-order valence-corrected chi connectivity index (χ4v) is 3.33. The van der Waals surface area contributed by atoms with Gasteiger partial charge in [0.1, 0.15) is 0 Å². The van der Waals surface area contributed by atoms with Crippen LogP contribution in [0, 0.1) is 0 Å². The molecule has 2 heterocycles. The van der Waals surface area contributed by atoms with Crippen LogP contribution in [0.25, 0.3) is 5.69 Å². The molecule has 0 radical (unpaired) electrons. The quantitative estimate of drug-likeness (QED) is 0.694. The summed E-state index contributed by atoms with van der Waals surface area (Å²) in [6.45, 7) is 2.83. The van der Waals surface area contributed by atoms with E-state index >= 15 is 0 Å². The normalized spacial score (nSPS) is 14.4. The van der Waals surface area contributed by atoms with E-state index in [1.165, 1.54) is 5.56 Å². The molecule has 4 rings (SSSR count). The number of hydrogen-bond acceptors (Lipinski definition) is 5. The third kappa shape index (κ3) is 3.97. The number of tetrazole rings is 1. The summed E-state index contributed by atoms with van der Waals surface area (Å²) < 4.78 is 1.74. The number of aryl methyl sites for hydroxylation is 1. The number of rotatable bonds is 5. The molecule has 1 aliphatic rings. The molecule has 7 nitrogen and oxygen atoms in total. The second-order valence-electron chi connectivity index (χ2n) is 6.58. The predicted molar refractivity (Wildman–Crippen MR) is 103 cm³/mol. The number of anilines is 1. The average Bonchev–Trinajstić information content (AvgIpc) is 3.23. The van der Waals surface area contributed by atoms with Gasteiger partial charge >= 0.3 is 0 Å². The van der Waals surface area contributed by atoms with Crippen LogP contribution in [0.15, 0.2) is 60.7 Å². The second-order valence-corrected chi connectivity index (χ2v) is 6.58. The van der Waals surface area contributed by atoms with Crippen LogP contribution in [0.5, 0.6) is 0 Å². The molecule has 1 fully saturated rings. The lowest BCUT2D eigenvalue weighted by Gasteiger charge is -2.34. The molecule has 2 aromatic carbocycles. The molecule has 0 aliphatic carbocycles. The molecule has 0 unspecified atom stereocenters. The average molecular weight is 362 g/mol. The summed E-state index contributed by atoms with van der Waals surface area (Å²) in [4.78, 5) is 16.6. The maximum atomic E-state index is 12.5. The Labute approximate surface area is 158 Å². The Morgan fingerprint density at radius 1 is 0.889 bits per heavy atom. The zero-order chi connectivity index (χ0) is 18.5. The minimum atomic E-state index is 0.209. The summed E-state index contributed by atoms with van der Waals surface area (Å²) in [7, 11) is 0. The number of piperazine rings is 1. The molecule has 1 amide bonds. The lowest BCUT2D eigenvalue weighted by Crippen LogP contribution is -2.49. The number of carbonyl (C=O) groups excluding carboxylic acids is 1. The minimum Gasteiger partial charge on any atom is -0.339 e. The summed E-state index contributed by atoms with van der Waals surface area (Å²) in [5.74, 6) is 0.929. The van der Waals surface area contributed by atoms with Crippen molar-refractivity contribution in [1.29, 1.82) is 0 Å². The lowest BCUT2D eigenvalue weighted by atomic mass is 10.1. The van der Waals surface area contributed by atoms with Crippen LogP contribution < -0.4 is 4.90 Å². The van der Waals surface area contributed by atoms with Gasteiger partial charge in [0.2, 0.25) is 11.9 Å². The van der Waals surface area contributed by atoms with E-state index in [-0.39, 0.29) is 5.91 Å². The molecule has 0 N–H and O–H groups in total. The van der Waals surface area contributed by atoms with Crippen molar-refractivity contribution < 1.29 is 4.79 Å². The first-order valence-electron chi connectivity index (χ1n) is 9.22. The molecule has 0 saturated carbocycles. The Morgan fingerprint density at radius 2 is 1.56 bits per heavy atom. The lowest BCUT2D eigenvalue weighted by molar-refractivity contribution is -0.131. The summed E-state index contributed by atoms with van der Waals surface area (Å²) in [5.41, 5.74) is 2.13. The van der Waals surface area contributed by atoms with Gasteiger partial charge < -0.3 is 9.80 Å². The van der Waals surface area contributed by atoms with Gasteiger partial charge in [0.15, 0.2) is 0 Å². The monoisotopic (exact) mass is 362 g/mol. The molecular formula is C20H22N6O.